The average molecular weight is 400 g/mol. The number of nitrogens with zero attached hydrogens (tertiary/aromatic N) is 3. The summed E-state index contributed by atoms with van der Waals surface area (Å²) in [6.45, 7) is 5.00. The van der Waals surface area contributed by atoms with Gasteiger partial charge in [-0.3, -0.25) is 9.69 Å². The van der Waals surface area contributed by atoms with E-state index >= 15 is 0 Å². The molecule has 6 heteroatoms. The van der Waals surface area contributed by atoms with Crippen LogP contribution in [-0.4, -0.2) is 46.0 Å². The van der Waals surface area contributed by atoms with Gasteiger partial charge in [0.05, 0.1) is 10.6 Å². The van der Waals surface area contributed by atoms with Crippen LogP contribution in [-0.2, 0) is 13.6 Å². The van der Waals surface area contributed by atoms with Crippen LogP contribution < -0.4 is 0 Å². The minimum Gasteiger partial charge on any atom is -0.351 e. The van der Waals surface area contributed by atoms with Gasteiger partial charge in [0.25, 0.3) is 5.91 Å². The van der Waals surface area contributed by atoms with Crippen LogP contribution in [0.3, 0.4) is 0 Å². The summed E-state index contributed by atoms with van der Waals surface area (Å²) in [4.78, 5) is 17.4. The fourth-order valence-corrected chi connectivity index (χ4v) is 4.17. The zero-order chi connectivity index (χ0) is 19.8. The van der Waals surface area contributed by atoms with E-state index in [1.807, 2.05) is 53.0 Å². The van der Waals surface area contributed by atoms with Gasteiger partial charge in [-0.1, -0.05) is 23.7 Å². The summed E-state index contributed by atoms with van der Waals surface area (Å²) in [6.07, 6.45) is 1.96. The molecule has 0 N–H and O–H groups in total. The summed E-state index contributed by atoms with van der Waals surface area (Å²) in [6, 6.07) is 12.4. The van der Waals surface area contributed by atoms with Crippen LogP contribution in [0.25, 0.3) is 10.9 Å². The van der Waals surface area contributed by atoms with E-state index in [1.54, 1.807) is 0 Å². The molecule has 2 aromatic carbocycles. The first-order valence-electron chi connectivity index (χ1n) is 9.45. The Morgan fingerprint density at radius 2 is 1.93 bits per heavy atom. The Morgan fingerprint density at radius 3 is 2.64 bits per heavy atom. The van der Waals surface area contributed by atoms with Gasteiger partial charge < -0.3 is 9.47 Å². The largest absolute Gasteiger partial charge is 0.351 e. The first-order chi connectivity index (χ1) is 13.4. The van der Waals surface area contributed by atoms with Crippen molar-refractivity contribution < 1.29 is 9.18 Å². The lowest BCUT2D eigenvalue weighted by Gasteiger charge is -2.40. The molecule has 28 heavy (non-hydrogen) atoms. The molecule has 1 aliphatic rings. The van der Waals surface area contributed by atoms with Crippen molar-refractivity contribution in [2.45, 2.75) is 19.5 Å². The van der Waals surface area contributed by atoms with E-state index in [2.05, 4.69) is 11.8 Å². The molecule has 0 saturated carbocycles. The van der Waals surface area contributed by atoms with Crippen molar-refractivity contribution in [3.8, 4) is 0 Å². The van der Waals surface area contributed by atoms with E-state index < -0.39 is 0 Å². The molecular formula is C22H23ClFN3O. The van der Waals surface area contributed by atoms with Crippen molar-refractivity contribution >= 4 is 28.4 Å². The number of benzene rings is 2. The molecular weight excluding hydrogens is 377 g/mol. The van der Waals surface area contributed by atoms with E-state index in [4.69, 9.17) is 11.6 Å². The zero-order valence-corrected chi connectivity index (χ0v) is 16.8. The quantitative estimate of drug-likeness (QED) is 0.656. The summed E-state index contributed by atoms with van der Waals surface area (Å²) < 4.78 is 15.1. The van der Waals surface area contributed by atoms with Crippen molar-refractivity contribution in [1.82, 2.24) is 14.4 Å². The van der Waals surface area contributed by atoms with Gasteiger partial charge in [-0.15, -0.1) is 0 Å². The highest BCUT2D eigenvalue weighted by Crippen LogP contribution is 2.27. The van der Waals surface area contributed by atoms with E-state index in [0.717, 1.165) is 36.1 Å². The third kappa shape index (κ3) is 3.64. The molecule has 0 bridgehead atoms. The molecule has 4 rings (SSSR count). The standard InChI is InChI=1S/C22H23ClFN3O/c1-15-13-26(14-16-3-5-18(24)6-4-16)9-10-27(15)22(28)19-11-17-7-8-25(2)21(17)12-20(19)23/h3-8,11-12,15H,9-10,13-14H2,1-2H3/t15-/m1/s1. The van der Waals surface area contributed by atoms with Gasteiger partial charge in [-0.05, 0) is 42.8 Å². The van der Waals surface area contributed by atoms with Crippen molar-refractivity contribution in [1.29, 1.82) is 0 Å². The predicted molar refractivity (Wildman–Crippen MR) is 110 cm³/mol. The molecule has 0 spiro atoms. The van der Waals surface area contributed by atoms with Gasteiger partial charge in [-0.25, -0.2) is 4.39 Å². The maximum absolute atomic E-state index is 13.2. The molecule has 1 atom stereocenters. The second-order valence-corrected chi connectivity index (χ2v) is 7.93. The van der Waals surface area contributed by atoms with E-state index in [9.17, 15) is 9.18 Å². The molecule has 1 aromatic heterocycles. The molecule has 0 unspecified atom stereocenters. The zero-order valence-electron chi connectivity index (χ0n) is 16.0. The second-order valence-electron chi connectivity index (χ2n) is 7.53. The Morgan fingerprint density at radius 1 is 1.18 bits per heavy atom. The lowest BCUT2D eigenvalue weighted by Crippen LogP contribution is -2.53. The number of carbonyl (C=O) groups is 1. The molecule has 4 nitrogen and oxygen atoms in total. The van der Waals surface area contributed by atoms with Crippen LogP contribution in [0, 0.1) is 5.82 Å². The van der Waals surface area contributed by atoms with Gasteiger partial charge >= 0.3 is 0 Å². The summed E-state index contributed by atoms with van der Waals surface area (Å²) in [5.74, 6) is -0.246. The van der Waals surface area contributed by atoms with Crippen molar-refractivity contribution in [2.75, 3.05) is 19.6 Å². The number of rotatable bonds is 3. The van der Waals surface area contributed by atoms with Crippen LogP contribution in [0.15, 0.2) is 48.7 Å². The first-order valence-corrected chi connectivity index (χ1v) is 9.82. The monoisotopic (exact) mass is 399 g/mol. The third-order valence-electron chi connectivity index (χ3n) is 5.50. The summed E-state index contributed by atoms with van der Waals surface area (Å²) >= 11 is 6.44. The minimum atomic E-state index is -0.222. The number of hydrogen-bond acceptors (Lipinski definition) is 2. The molecule has 0 aliphatic carbocycles. The van der Waals surface area contributed by atoms with E-state index in [0.29, 0.717) is 17.1 Å². The minimum absolute atomic E-state index is 0.0234. The number of aryl methyl sites for hydroxylation is 1. The highest BCUT2D eigenvalue weighted by atomic mass is 35.5. The highest BCUT2D eigenvalue weighted by Gasteiger charge is 2.29. The molecule has 1 fully saturated rings. The molecule has 146 valence electrons. The summed E-state index contributed by atoms with van der Waals surface area (Å²) in [7, 11) is 1.96. The Labute approximate surface area is 169 Å². The second kappa shape index (κ2) is 7.57. The number of carbonyl (C=O) groups excluding carboxylic acids is 1. The number of hydrogen-bond donors (Lipinski definition) is 0. The Kier molecular flexibility index (Phi) is 5.13. The topological polar surface area (TPSA) is 28.5 Å². The normalized spacial score (nSPS) is 18.0. The molecule has 1 amide bonds. The maximum Gasteiger partial charge on any atom is 0.255 e. The van der Waals surface area contributed by atoms with Gasteiger partial charge in [0.2, 0.25) is 0 Å². The lowest BCUT2D eigenvalue weighted by atomic mass is 10.1. The Bertz CT molecular complexity index is 1010. The maximum atomic E-state index is 13.2. The predicted octanol–water partition coefficient (Wildman–Crippen LogP) is 4.32. The fourth-order valence-electron chi connectivity index (χ4n) is 3.94. The number of amides is 1. The average Bonchev–Trinajstić information content (AvgIpc) is 3.03. The van der Waals surface area contributed by atoms with Crippen LogP contribution in [0.4, 0.5) is 4.39 Å². The van der Waals surface area contributed by atoms with Gasteiger partial charge in [0.1, 0.15) is 5.82 Å². The van der Waals surface area contributed by atoms with E-state index in [1.165, 1.54) is 12.1 Å². The highest BCUT2D eigenvalue weighted by molar-refractivity contribution is 6.34. The molecule has 1 aliphatic heterocycles. The van der Waals surface area contributed by atoms with Gasteiger partial charge in [0, 0.05) is 56.4 Å². The fraction of sp³-hybridized carbons (Fsp3) is 0.318. The smallest absolute Gasteiger partial charge is 0.255 e. The SMILES string of the molecule is C[C@@H]1CN(Cc2ccc(F)cc2)CCN1C(=O)c1cc2ccn(C)c2cc1Cl. The summed E-state index contributed by atoms with van der Waals surface area (Å²) in [5.41, 5.74) is 2.64. The number of piperazine rings is 1. The molecule has 3 aromatic rings. The van der Waals surface area contributed by atoms with Crippen LogP contribution in [0.2, 0.25) is 5.02 Å². The van der Waals surface area contributed by atoms with Crippen molar-refractivity contribution in [3.05, 3.63) is 70.6 Å². The number of aromatic nitrogens is 1. The number of halogens is 2. The summed E-state index contributed by atoms with van der Waals surface area (Å²) in [5, 5.41) is 1.50. The van der Waals surface area contributed by atoms with Gasteiger partial charge in [0.15, 0.2) is 0 Å². The first kappa shape index (κ1) is 19.0. The Hall–Kier alpha value is -2.37. The lowest BCUT2D eigenvalue weighted by molar-refractivity contribution is 0.0476. The van der Waals surface area contributed by atoms with Crippen LogP contribution >= 0.6 is 11.6 Å². The van der Waals surface area contributed by atoms with Crippen molar-refractivity contribution in [3.63, 3.8) is 0 Å². The molecule has 2 heterocycles. The van der Waals surface area contributed by atoms with Gasteiger partial charge in [-0.2, -0.15) is 0 Å². The molecule has 1 saturated heterocycles. The van der Waals surface area contributed by atoms with Crippen LogP contribution in [0.1, 0.15) is 22.8 Å². The van der Waals surface area contributed by atoms with E-state index in [-0.39, 0.29) is 17.8 Å². The Balaban J connectivity index is 1.47. The molecule has 0 radical (unpaired) electrons. The van der Waals surface area contributed by atoms with Crippen LogP contribution in [0.5, 0.6) is 0 Å². The van der Waals surface area contributed by atoms with Crippen molar-refractivity contribution in [2.24, 2.45) is 7.05 Å². The third-order valence-corrected chi connectivity index (χ3v) is 5.81. The number of fused-ring (bicyclic) bond motifs is 1.